The van der Waals surface area contributed by atoms with Gasteiger partial charge in [0.15, 0.2) is 5.82 Å². The molecule has 0 bridgehead atoms. The van der Waals surface area contributed by atoms with Crippen LogP contribution in [0, 0.1) is 16.7 Å². The lowest BCUT2D eigenvalue weighted by atomic mass is 9.60. The molecule has 0 radical (unpaired) electrons. The Labute approximate surface area is 277 Å². The number of nitrogens with zero attached hydrogens (tertiary/aromatic N) is 5. The fourth-order valence-electron chi connectivity index (χ4n) is 6.20. The maximum atomic E-state index is 13.8. The van der Waals surface area contributed by atoms with E-state index in [-0.39, 0.29) is 42.9 Å². The van der Waals surface area contributed by atoms with Gasteiger partial charge in [0, 0.05) is 12.1 Å². The second-order valence-electron chi connectivity index (χ2n) is 15.5. The van der Waals surface area contributed by atoms with Crippen molar-refractivity contribution in [2.24, 2.45) is 16.7 Å². The molecule has 4 amide bonds. The smallest absolute Gasteiger partial charge is 0.427 e. The van der Waals surface area contributed by atoms with Crippen LogP contribution in [0.25, 0.3) is 10.9 Å². The zero-order valence-electron chi connectivity index (χ0n) is 29.0. The largest absolute Gasteiger partial charge is 0.471 e. The fourth-order valence-corrected chi connectivity index (χ4v) is 6.59. The van der Waals surface area contributed by atoms with Crippen molar-refractivity contribution in [2.45, 2.75) is 114 Å². The van der Waals surface area contributed by atoms with Crippen LogP contribution in [0.1, 0.15) is 96.9 Å². The van der Waals surface area contributed by atoms with E-state index < -0.39 is 52.9 Å². The molecule has 0 aliphatic carbocycles. The minimum atomic E-state index is -1.74. The Morgan fingerprint density at radius 3 is 1.63 bits per heavy atom. The zero-order valence-corrected chi connectivity index (χ0v) is 30.6. The molecule has 2 rings (SSSR count). The summed E-state index contributed by atoms with van der Waals surface area (Å²) < 4.78 is 17.4. The number of amides is 4. The number of hydrogen-bond acceptors (Lipinski definition) is 10. The topological polar surface area (TPSA) is 182 Å². The number of fused-ring (bicyclic) bond motifs is 1. The second-order valence-corrected chi connectivity index (χ2v) is 16.4. The molecule has 0 saturated heterocycles. The predicted molar refractivity (Wildman–Crippen MR) is 176 cm³/mol. The number of carbonyl (C=O) groups excluding carboxylic acids is 2. The first-order valence-corrected chi connectivity index (χ1v) is 15.3. The predicted octanol–water partition coefficient (Wildman–Crippen LogP) is 8.49. The first-order valence-electron chi connectivity index (χ1n) is 14.6. The summed E-state index contributed by atoms with van der Waals surface area (Å²) >= 11 is 3.31. The first-order chi connectivity index (χ1) is 20.5. The van der Waals surface area contributed by atoms with Crippen LogP contribution in [0.5, 0.6) is 5.88 Å². The molecular weight excluding hydrogens is 666 g/mol. The number of anilines is 2. The molecule has 2 aromatic heterocycles. The van der Waals surface area contributed by atoms with Gasteiger partial charge in [-0.1, -0.05) is 41.5 Å². The Morgan fingerprint density at radius 1 is 0.739 bits per heavy atom. The van der Waals surface area contributed by atoms with Gasteiger partial charge in [-0.15, -0.1) is 4.90 Å². The van der Waals surface area contributed by atoms with Gasteiger partial charge in [0.05, 0.1) is 9.99 Å². The third-order valence-corrected chi connectivity index (χ3v) is 6.93. The van der Waals surface area contributed by atoms with E-state index in [1.165, 1.54) is 6.20 Å². The molecule has 256 valence electrons. The Bertz CT molecular complexity index is 1500. The lowest BCUT2D eigenvalue weighted by Crippen LogP contribution is -2.52. The number of carbonyl (C=O) groups is 4. The molecule has 0 atom stereocenters. The van der Waals surface area contributed by atoms with Gasteiger partial charge < -0.3 is 24.4 Å². The lowest BCUT2D eigenvalue weighted by Gasteiger charge is -2.49. The van der Waals surface area contributed by atoms with E-state index in [1.54, 1.807) is 55.4 Å². The average Bonchev–Trinajstić information content (AvgIpc) is 2.75. The third-order valence-electron chi connectivity index (χ3n) is 6.35. The number of hydrogen-bond donors (Lipinski definition) is 2. The first kappa shape index (κ1) is 38.4. The van der Waals surface area contributed by atoms with Gasteiger partial charge in [-0.25, -0.2) is 29.1 Å². The number of aromatic nitrogens is 3. The van der Waals surface area contributed by atoms with E-state index in [1.807, 2.05) is 41.5 Å². The van der Waals surface area contributed by atoms with Crippen molar-refractivity contribution in [2.75, 3.05) is 9.80 Å². The average molecular weight is 713 g/mol. The molecule has 46 heavy (non-hydrogen) atoms. The fraction of sp³-hybridized carbons (Fsp3) is 0.645. The summed E-state index contributed by atoms with van der Waals surface area (Å²) in [6, 6.07) is 0. The Hall–Kier alpha value is -3.75. The standard InChI is InChI=1S/C31H46BrN5O9/c1-27(2,3)21(28(4,5)6)31(13,14)46-25(42)36(23(38)39)19-17-18(16(32)15-33-19)34-22(35-20(17)44-29(7,8)9)37(24(40)41)26(43)45-30(10,11)12/h15,21H,1-14H3,(H,38,39)(H,40,41). The van der Waals surface area contributed by atoms with Crippen molar-refractivity contribution in [3.63, 3.8) is 0 Å². The van der Waals surface area contributed by atoms with Crippen molar-refractivity contribution in [1.29, 1.82) is 0 Å². The molecule has 0 fully saturated rings. The van der Waals surface area contributed by atoms with Crippen molar-refractivity contribution in [1.82, 2.24) is 15.0 Å². The van der Waals surface area contributed by atoms with Crippen LogP contribution in [0.3, 0.4) is 0 Å². The highest BCUT2D eigenvalue weighted by molar-refractivity contribution is 9.10. The third kappa shape index (κ3) is 9.17. The summed E-state index contributed by atoms with van der Waals surface area (Å²) in [5, 5.41) is 20.1. The Morgan fingerprint density at radius 2 is 1.22 bits per heavy atom. The summed E-state index contributed by atoms with van der Waals surface area (Å²) in [7, 11) is 0. The molecule has 2 heterocycles. The number of rotatable bonds is 5. The van der Waals surface area contributed by atoms with Gasteiger partial charge >= 0.3 is 24.4 Å². The van der Waals surface area contributed by atoms with E-state index in [9.17, 15) is 29.4 Å². The van der Waals surface area contributed by atoms with Crippen LogP contribution in [0.2, 0.25) is 0 Å². The maximum Gasteiger partial charge on any atom is 0.427 e. The van der Waals surface area contributed by atoms with E-state index in [4.69, 9.17) is 14.2 Å². The highest BCUT2D eigenvalue weighted by Crippen LogP contribution is 2.48. The molecule has 2 aromatic rings. The molecular formula is C31H46BrN5O9. The number of halogens is 1. The number of ether oxygens (including phenoxy) is 3. The molecule has 14 nitrogen and oxygen atoms in total. The zero-order chi connectivity index (χ0) is 36.0. The highest BCUT2D eigenvalue weighted by atomic mass is 79.9. The molecule has 15 heteroatoms. The summed E-state index contributed by atoms with van der Waals surface area (Å²) in [6.45, 7) is 25.2. The summed E-state index contributed by atoms with van der Waals surface area (Å²) in [5.41, 5.74) is -4.00. The van der Waals surface area contributed by atoms with E-state index in [2.05, 4.69) is 30.9 Å². The molecule has 0 aliphatic heterocycles. The summed E-state index contributed by atoms with van der Waals surface area (Å²) in [6.07, 6.45) is -4.80. The van der Waals surface area contributed by atoms with Crippen LogP contribution in [-0.2, 0) is 9.47 Å². The molecule has 0 aromatic carbocycles. The van der Waals surface area contributed by atoms with Crippen LogP contribution in [0.15, 0.2) is 10.7 Å². The maximum absolute atomic E-state index is 13.8. The second kappa shape index (κ2) is 12.8. The molecule has 0 spiro atoms. The van der Waals surface area contributed by atoms with Gasteiger partial charge in [-0.2, -0.15) is 9.88 Å². The van der Waals surface area contributed by atoms with Gasteiger partial charge in [-0.05, 0) is 82.1 Å². The highest BCUT2D eigenvalue weighted by Gasteiger charge is 2.49. The number of imide groups is 2. The van der Waals surface area contributed by atoms with Crippen LogP contribution >= 0.6 is 15.9 Å². The quantitative estimate of drug-likeness (QED) is 0.302. The Kier molecular flexibility index (Phi) is 10.7. The SMILES string of the molecule is CC(C)(C)OC(=O)N(C(=O)O)c1nc(OC(C)(C)C)c2c(N(C(=O)O)C(=O)OC(C)(C)C(C(C)(C)C)C(C)(C)C)ncc(Br)c2n1. The molecule has 2 N–H and O–H groups in total. The molecule has 0 aliphatic rings. The van der Waals surface area contributed by atoms with Gasteiger partial charge in [0.2, 0.25) is 11.8 Å². The van der Waals surface area contributed by atoms with Gasteiger partial charge in [0.1, 0.15) is 22.2 Å². The Balaban J connectivity index is 2.91. The van der Waals surface area contributed by atoms with Crippen LogP contribution < -0.4 is 14.5 Å². The normalized spacial score (nSPS) is 13.0. The van der Waals surface area contributed by atoms with Crippen molar-refractivity contribution >= 4 is 63.0 Å². The molecule has 0 saturated carbocycles. The summed E-state index contributed by atoms with van der Waals surface area (Å²) in [4.78, 5) is 65.0. The van der Waals surface area contributed by atoms with Crippen LogP contribution in [0.4, 0.5) is 30.9 Å². The van der Waals surface area contributed by atoms with Gasteiger partial charge in [-0.3, -0.25) is 0 Å². The molecule has 0 unspecified atom stereocenters. The van der Waals surface area contributed by atoms with Crippen molar-refractivity contribution < 1.29 is 43.6 Å². The van der Waals surface area contributed by atoms with E-state index in [0.717, 1.165) is 0 Å². The van der Waals surface area contributed by atoms with E-state index in [0.29, 0.717) is 4.90 Å². The van der Waals surface area contributed by atoms with Crippen LogP contribution in [-0.4, -0.2) is 66.3 Å². The van der Waals surface area contributed by atoms with E-state index >= 15 is 0 Å². The number of pyridine rings is 1. The van der Waals surface area contributed by atoms with Gasteiger partial charge in [0.25, 0.3) is 0 Å². The summed E-state index contributed by atoms with van der Waals surface area (Å²) in [5.74, 6) is -1.69. The minimum absolute atomic E-state index is 0.107. The number of carboxylic acid groups (broad SMARTS) is 2. The lowest BCUT2D eigenvalue weighted by molar-refractivity contribution is -0.0891. The minimum Gasteiger partial charge on any atom is -0.471 e. The van der Waals surface area contributed by atoms with Crippen molar-refractivity contribution in [3.05, 3.63) is 10.7 Å². The van der Waals surface area contributed by atoms with Crippen molar-refractivity contribution in [3.8, 4) is 5.88 Å². The monoisotopic (exact) mass is 711 g/mol.